The summed E-state index contributed by atoms with van der Waals surface area (Å²) >= 11 is 0. The van der Waals surface area contributed by atoms with E-state index in [2.05, 4.69) is 22.3 Å². The molecule has 2 heterocycles. The highest BCUT2D eigenvalue weighted by molar-refractivity contribution is 6.06. The van der Waals surface area contributed by atoms with Gasteiger partial charge in [0.1, 0.15) is 5.75 Å². The maximum absolute atomic E-state index is 13.3. The van der Waals surface area contributed by atoms with Gasteiger partial charge in [0.25, 0.3) is 5.91 Å². The second-order valence-corrected chi connectivity index (χ2v) is 8.63. The van der Waals surface area contributed by atoms with Gasteiger partial charge in [-0.15, -0.1) is 0 Å². The molecular weight excluding hydrogens is 386 g/mol. The van der Waals surface area contributed by atoms with Gasteiger partial charge in [0.05, 0.1) is 24.2 Å². The Morgan fingerprint density at radius 2 is 1.87 bits per heavy atom. The van der Waals surface area contributed by atoms with Gasteiger partial charge >= 0.3 is 0 Å². The number of likely N-dealkylation sites (tertiary alicyclic amines) is 1. The number of nitrogens with one attached hydrogen (secondary N) is 1. The standard InChI is InChI=1S/C26H29N3O2/c1-31-20-12-10-19(11-13-20)25(29-14-4-5-15-29)17-27-26(30)22-16-24(18-8-9-18)28-23-7-3-2-6-21(22)23/h2-3,6-7,10-13,16,18,25H,4-5,8-9,14-15,17H2,1H3,(H,27,30)/t25-/m1/s1. The molecule has 1 aliphatic heterocycles. The molecule has 0 radical (unpaired) electrons. The van der Waals surface area contributed by atoms with Crippen molar-refractivity contribution in [1.29, 1.82) is 0 Å². The molecule has 0 spiro atoms. The number of carbonyl (C=O) groups is 1. The van der Waals surface area contributed by atoms with Crippen LogP contribution in [0.2, 0.25) is 0 Å². The Bertz CT molecular complexity index is 1070. The molecule has 2 fully saturated rings. The second-order valence-electron chi connectivity index (χ2n) is 8.63. The Balaban J connectivity index is 1.39. The summed E-state index contributed by atoms with van der Waals surface area (Å²) in [7, 11) is 1.68. The van der Waals surface area contributed by atoms with Crippen molar-refractivity contribution in [3.8, 4) is 5.75 Å². The lowest BCUT2D eigenvalue weighted by molar-refractivity contribution is 0.0939. The van der Waals surface area contributed by atoms with Crippen LogP contribution in [0.5, 0.6) is 5.75 Å². The molecule has 0 bridgehead atoms. The highest BCUT2D eigenvalue weighted by atomic mass is 16.5. The summed E-state index contributed by atoms with van der Waals surface area (Å²) in [6, 6.07) is 18.3. The quantitative estimate of drug-likeness (QED) is 0.608. The van der Waals surface area contributed by atoms with Crippen molar-refractivity contribution in [2.75, 3.05) is 26.7 Å². The lowest BCUT2D eigenvalue weighted by Gasteiger charge is -2.28. The van der Waals surface area contributed by atoms with Gasteiger partial charge in [0.2, 0.25) is 0 Å². The zero-order valence-corrected chi connectivity index (χ0v) is 18.0. The molecule has 5 nitrogen and oxygen atoms in total. The van der Waals surface area contributed by atoms with Crippen molar-refractivity contribution >= 4 is 16.8 Å². The van der Waals surface area contributed by atoms with Crippen molar-refractivity contribution in [3.05, 3.63) is 71.4 Å². The molecule has 1 N–H and O–H groups in total. The predicted octanol–water partition coefficient (Wildman–Crippen LogP) is 4.69. The Hall–Kier alpha value is -2.92. The van der Waals surface area contributed by atoms with E-state index in [0.29, 0.717) is 12.5 Å². The molecule has 5 rings (SSSR count). The Labute approximate surface area is 183 Å². The fourth-order valence-electron chi connectivity index (χ4n) is 4.59. The van der Waals surface area contributed by atoms with E-state index in [0.717, 1.165) is 41.0 Å². The lowest BCUT2D eigenvalue weighted by atomic mass is 10.0. The van der Waals surface area contributed by atoms with Crippen LogP contribution in [-0.4, -0.2) is 42.5 Å². The van der Waals surface area contributed by atoms with Gasteiger partial charge < -0.3 is 10.1 Å². The number of rotatable bonds is 7. The second kappa shape index (κ2) is 8.67. The molecule has 1 amide bonds. The molecule has 1 aromatic heterocycles. The minimum Gasteiger partial charge on any atom is -0.497 e. The van der Waals surface area contributed by atoms with E-state index in [1.165, 1.54) is 31.2 Å². The first kappa shape index (κ1) is 20.0. The van der Waals surface area contributed by atoms with E-state index in [-0.39, 0.29) is 11.9 Å². The third-order valence-electron chi connectivity index (χ3n) is 6.51. The Kier molecular flexibility index (Phi) is 5.60. The van der Waals surface area contributed by atoms with Gasteiger partial charge in [-0.05, 0) is 68.6 Å². The summed E-state index contributed by atoms with van der Waals surface area (Å²) in [6.45, 7) is 2.72. The van der Waals surface area contributed by atoms with E-state index in [9.17, 15) is 4.79 Å². The minimum absolute atomic E-state index is 0.0155. The van der Waals surface area contributed by atoms with Crippen molar-refractivity contribution < 1.29 is 9.53 Å². The number of para-hydroxylation sites is 1. The molecule has 31 heavy (non-hydrogen) atoms. The summed E-state index contributed by atoms with van der Waals surface area (Å²) in [6.07, 6.45) is 4.75. The van der Waals surface area contributed by atoms with Gasteiger partial charge in [0, 0.05) is 23.5 Å². The van der Waals surface area contributed by atoms with Crippen LogP contribution in [0.25, 0.3) is 10.9 Å². The number of aromatic nitrogens is 1. The molecule has 0 unspecified atom stereocenters. The van der Waals surface area contributed by atoms with Crippen LogP contribution in [0, 0.1) is 0 Å². The molecule has 1 atom stereocenters. The van der Waals surface area contributed by atoms with Crippen LogP contribution in [0.15, 0.2) is 54.6 Å². The fraction of sp³-hybridized carbons (Fsp3) is 0.385. The Morgan fingerprint density at radius 1 is 1.13 bits per heavy atom. The number of nitrogens with zero attached hydrogens (tertiary/aromatic N) is 2. The number of methoxy groups -OCH3 is 1. The molecular formula is C26H29N3O2. The van der Waals surface area contributed by atoms with Gasteiger partial charge in [0.15, 0.2) is 0 Å². The average molecular weight is 416 g/mol. The zero-order chi connectivity index (χ0) is 21.2. The number of hydrogen-bond acceptors (Lipinski definition) is 4. The number of fused-ring (bicyclic) bond motifs is 1. The highest BCUT2D eigenvalue weighted by Crippen LogP contribution is 2.40. The average Bonchev–Trinajstić information content (AvgIpc) is 3.54. The number of benzene rings is 2. The van der Waals surface area contributed by atoms with Crippen LogP contribution in [-0.2, 0) is 0 Å². The normalized spacial score (nSPS) is 17.6. The first-order chi connectivity index (χ1) is 15.2. The summed E-state index contributed by atoms with van der Waals surface area (Å²) in [5.41, 5.74) is 3.90. The van der Waals surface area contributed by atoms with Crippen LogP contribution < -0.4 is 10.1 Å². The molecule has 160 valence electrons. The van der Waals surface area contributed by atoms with E-state index in [1.807, 2.05) is 42.5 Å². The van der Waals surface area contributed by atoms with Crippen molar-refractivity contribution in [2.24, 2.45) is 0 Å². The number of hydrogen-bond donors (Lipinski definition) is 1. The molecule has 1 saturated heterocycles. The van der Waals surface area contributed by atoms with Crippen LogP contribution in [0.4, 0.5) is 0 Å². The lowest BCUT2D eigenvalue weighted by Crippen LogP contribution is -2.37. The molecule has 5 heteroatoms. The number of pyridine rings is 1. The molecule has 1 saturated carbocycles. The molecule has 2 aliphatic rings. The largest absolute Gasteiger partial charge is 0.497 e. The number of ether oxygens (including phenoxy) is 1. The molecule has 1 aliphatic carbocycles. The van der Waals surface area contributed by atoms with E-state index < -0.39 is 0 Å². The topological polar surface area (TPSA) is 54.5 Å². The van der Waals surface area contributed by atoms with Crippen molar-refractivity contribution in [1.82, 2.24) is 15.2 Å². The zero-order valence-electron chi connectivity index (χ0n) is 18.0. The van der Waals surface area contributed by atoms with Gasteiger partial charge in [-0.1, -0.05) is 30.3 Å². The maximum Gasteiger partial charge on any atom is 0.252 e. The third-order valence-corrected chi connectivity index (χ3v) is 6.51. The van der Waals surface area contributed by atoms with Crippen molar-refractivity contribution in [3.63, 3.8) is 0 Å². The highest BCUT2D eigenvalue weighted by Gasteiger charge is 2.28. The third kappa shape index (κ3) is 4.28. The SMILES string of the molecule is COc1ccc([C@@H](CNC(=O)c2cc(C3CC3)nc3ccccc23)N2CCCC2)cc1. The van der Waals surface area contributed by atoms with Crippen LogP contribution >= 0.6 is 0 Å². The van der Waals surface area contributed by atoms with Gasteiger partial charge in [-0.3, -0.25) is 14.7 Å². The first-order valence-corrected chi connectivity index (χ1v) is 11.3. The minimum atomic E-state index is -0.0155. The van der Waals surface area contributed by atoms with Gasteiger partial charge in [-0.25, -0.2) is 0 Å². The Morgan fingerprint density at radius 3 is 2.58 bits per heavy atom. The molecule has 3 aromatic rings. The predicted molar refractivity (Wildman–Crippen MR) is 123 cm³/mol. The van der Waals surface area contributed by atoms with E-state index in [1.54, 1.807) is 7.11 Å². The van der Waals surface area contributed by atoms with E-state index in [4.69, 9.17) is 9.72 Å². The van der Waals surface area contributed by atoms with Crippen molar-refractivity contribution in [2.45, 2.75) is 37.6 Å². The number of carbonyl (C=O) groups excluding carboxylic acids is 1. The maximum atomic E-state index is 13.3. The molecule has 2 aromatic carbocycles. The summed E-state index contributed by atoms with van der Waals surface area (Å²) in [5, 5.41) is 4.16. The summed E-state index contributed by atoms with van der Waals surface area (Å²) < 4.78 is 5.32. The smallest absolute Gasteiger partial charge is 0.252 e. The number of amides is 1. The fourth-order valence-corrected chi connectivity index (χ4v) is 4.59. The monoisotopic (exact) mass is 415 g/mol. The summed E-state index contributed by atoms with van der Waals surface area (Å²) in [5.74, 6) is 1.34. The van der Waals surface area contributed by atoms with E-state index >= 15 is 0 Å². The first-order valence-electron chi connectivity index (χ1n) is 11.3. The van der Waals surface area contributed by atoms with Crippen LogP contribution in [0.1, 0.15) is 59.3 Å². The van der Waals surface area contributed by atoms with Crippen LogP contribution in [0.3, 0.4) is 0 Å². The summed E-state index contributed by atoms with van der Waals surface area (Å²) in [4.78, 5) is 20.6. The van der Waals surface area contributed by atoms with Gasteiger partial charge in [-0.2, -0.15) is 0 Å².